The van der Waals surface area contributed by atoms with Gasteiger partial charge in [0.05, 0.1) is 19.8 Å². The molecule has 0 unspecified atom stereocenters. The second-order valence-corrected chi connectivity index (χ2v) is 7.46. The molecule has 0 aromatic heterocycles. The van der Waals surface area contributed by atoms with Crippen LogP contribution in [0.3, 0.4) is 0 Å². The first-order valence-corrected chi connectivity index (χ1v) is 9.91. The average Bonchev–Trinajstić information content (AvgIpc) is 2.75. The maximum Gasteiger partial charge on any atom is 0.327 e. The van der Waals surface area contributed by atoms with E-state index >= 15 is 0 Å². The van der Waals surface area contributed by atoms with E-state index < -0.39 is 6.04 Å². The van der Waals surface area contributed by atoms with Gasteiger partial charge in [0, 0.05) is 36.2 Å². The van der Waals surface area contributed by atoms with E-state index in [-0.39, 0.29) is 11.9 Å². The second-order valence-electron chi connectivity index (χ2n) is 6.62. The van der Waals surface area contributed by atoms with Gasteiger partial charge < -0.3 is 14.4 Å². The highest BCUT2D eigenvalue weighted by Crippen LogP contribution is 2.30. The Hall–Kier alpha value is -2.28. The summed E-state index contributed by atoms with van der Waals surface area (Å²) in [5.74, 6) is -0.0592. The molecule has 1 heterocycles. The predicted molar refractivity (Wildman–Crippen MR) is 112 cm³/mol. The molecule has 1 fully saturated rings. The van der Waals surface area contributed by atoms with Gasteiger partial charge in [0.2, 0.25) is 0 Å². The zero-order valence-corrected chi connectivity index (χ0v) is 17.7. The summed E-state index contributed by atoms with van der Waals surface area (Å²) < 4.78 is 10.3. The van der Waals surface area contributed by atoms with Crippen molar-refractivity contribution in [1.82, 2.24) is 9.80 Å². The van der Waals surface area contributed by atoms with Crippen LogP contribution in [0.15, 0.2) is 42.5 Å². The number of nitrogens with zero attached hydrogens (tertiary/aromatic N) is 2. The third-order valence-electron chi connectivity index (χ3n) is 4.98. The summed E-state index contributed by atoms with van der Waals surface area (Å²) in [5.41, 5.74) is 1.11. The Morgan fingerprint density at radius 2 is 1.69 bits per heavy atom. The van der Waals surface area contributed by atoms with Gasteiger partial charge in [-0.3, -0.25) is 9.69 Å². The molecule has 0 spiro atoms. The summed E-state index contributed by atoms with van der Waals surface area (Å²) in [7, 11) is 2.87. The third kappa shape index (κ3) is 4.66. The molecule has 0 radical (unpaired) electrons. The van der Waals surface area contributed by atoms with Gasteiger partial charge in [-0.2, -0.15) is 0 Å². The molecule has 154 valence electrons. The number of methoxy groups -OCH3 is 2. The van der Waals surface area contributed by atoms with Crippen LogP contribution in [0.4, 0.5) is 0 Å². The topological polar surface area (TPSA) is 59.1 Å². The standard InChI is InChI=1S/C21H22Cl2N2O4/c1-28-18-8-7-14(22)13-16(18)20(26)25-11-9-24(10-12-25)19(21(27)29-2)15-5-3-4-6-17(15)23/h3-8,13,19H,9-12H2,1-2H3/t19-/m1/s1. The molecule has 6 nitrogen and oxygen atoms in total. The second kappa shape index (κ2) is 9.48. The summed E-state index contributed by atoms with van der Waals surface area (Å²) in [6.07, 6.45) is 0. The molecule has 2 aromatic rings. The van der Waals surface area contributed by atoms with Crippen molar-refractivity contribution in [1.29, 1.82) is 0 Å². The van der Waals surface area contributed by atoms with Crippen LogP contribution in [0.1, 0.15) is 22.0 Å². The summed E-state index contributed by atoms with van der Waals surface area (Å²) in [6.45, 7) is 1.90. The van der Waals surface area contributed by atoms with Gasteiger partial charge in [0.1, 0.15) is 11.8 Å². The molecule has 3 rings (SSSR count). The molecule has 0 bridgehead atoms. The van der Waals surface area contributed by atoms with Crippen LogP contribution in [-0.4, -0.2) is 62.1 Å². The number of halogens is 2. The van der Waals surface area contributed by atoms with Gasteiger partial charge >= 0.3 is 5.97 Å². The molecular weight excluding hydrogens is 415 g/mol. The lowest BCUT2D eigenvalue weighted by Gasteiger charge is -2.38. The number of ether oxygens (including phenoxy) is 2. The van der Waals surface area contributed by atoms with Gasteiger partial charge in [0.15, 0.2) is 0 Å². The van der Waals surface area contributed by atoms with E-state index in [0.29, 0.717) is 53.1 Å². The SMILES string of the molecule is COC(=O)[C@@H](c1ccccc1Cl)N1CCN(C(=O)c2cc(Cl)ccc2OC)CC1. The third-order valence-corrected chi connectivity index (χ3v) is 5.56. The van der Waals surface area contributed by atoms with E-state index in [4.69, 9.17) is 32.7 Å². The van der Waals surface area contributed by atoms with Crippen LogP contribution in [0, 0.1) is 0 Å². The van der Waals surface area contributed by atoms with Gasteiger partial charge in [0.25, 0.3) is 5.91 Å². The van der Waals surface area contributed by atoms with Crippen LogP contribution in [0.2, 0.25) is 10.0 Å². The Morgan fingerprint density at radius 3 is 2.31 bits per heavy atom. The number of carbonyl (C=O) groups excluding carboxylic acids is 2. The molecule has 1 saturated heterocycles. The molecule has 1 aliphatic rings. The van der Waals surface area contributed by atoms with Crippen molar-refractivity contribution >= 4 is 35.1 Å². The quantitative estimate of drug-likeness (QED) is 0.669. The van der Waals surface area contributed by atoms with E-state index in [1.807, 2.05) is 23.1 Å². The Balaban J connectivity index is 1.76. The Morgan fingerprint density at radius 1 is 1.00 bits per heavy atom. The summed E-state index contributed by atoms with van der Waals surface area (Å²) in [5, 5.41) is 0.974. The van der Waals surface area contributed by atoms with Crippen LogP contribution >= 0.6 is 23.2 Å². The predicted octanol–water partition coefficient (Wildman–Crippen LogP) is 3.67. The molecule has 0 N–H and O–H groups in total. The van der Waals surface area contributed by atoms with E-state index in [0.717, 1.165) is 0 Å². The Labute approximate surface area is 179 Å². The van der Waals surface area contributed by atoms with Crippen molar-refractivity contribution in [2.75, 3.05) is 40.4 Å². The maximum atomic E-state index is 13.0. The van der Waals surface area contributed by atoms with E-state index in [2.05, 4.69) is 0 Å². The van der Waals surface area contributed by atoms with E-state index in [9.17, 15) is 9.59 Å². The number of rotatable bonds is 5. The minimum Gasteiger partial charge on any atom is -0.496 e. The highest BCUT2D eigenvalue weighted by Gasteiger charge is 2.34. The minimum atomic E-state index is -0.619. The van der Waals surface area contributed by atoms with Crippen molar-refractivity contribution in [2.24, 2.45) is 0 Å². The summed E-state index contributed by atoms with van der Waals surface area (Å²) >= 11 is 12.4. The largest absolute Gasteiger partial charge is 0.496 e. The number of benzene rings is 2. The molecule has 0 aliphatic carbocycles. The molecular formula is C21H22Cl2N2O4. The first-order chi connectivity index (χ1) is 14.0. The fraction of sp³-hybridized carbons (Fsp3) is 0.333. The first-order valence-electron chi connectivity index (χ1n) is 9.15. The molecule has 0 saturated carbocycles. The maximum absolute atomic E-state index is 13.0. The molecule has 2 aromatic carbocycles. The Kier molecular flexibility index (Phi) is 7.00. The number of carbonyl (C=O) groups is 2. The fourth-order valence-corrected chi connectivity index (χ4v) is 3.89. The van der Waals surface area contributed by atoms with Crippen LogP contribution in [0.5, 0.6) is 5.75 Å². The number of amides is 1. The van der Waals surface area contributed by atoms with E-state index in [1.165, 1.54) is 14.2 Å². The fourth-order valence-electron chi connectivity index (χ4n) is 3.48. The zero-order chi connectivity index (χ0) is 21.0. The average molecular weight is 437 g/mol. The smallest absolute Gasteiger partial charge is 0.327 e. The highest BCUT2D eigenvalue weighted by atomic mass is 35.5. The van der Waals surface area contributed by atoms with Crippen molar-refractivity contribution in [3.63, 3.8) is 0 Å². The summed E-state index contributed by atoms with van der Waals surface area (Å²) in [6, 6.07) is 11.6. The van der Waals surface area contributed by atoms with Gasteiger partial charge in [-0.25, -0.2) is 4.79 Å². The molecule has 1 aliphatic heterocycles. The minimum absolute atomic E-state index is 0.156. The van der Waals surface area contributed by atoms with Gasteiger partial charge in [-0.1, -0.05) is 41.4 Å². The normalized spacial score (nSPS) is 15.7. The van der Waals surface area contributed by atoms with Gasteiger partial charge in [-0.15, -0.1) is 0 Å². The lowest BCUT2D eigenvalue weighted by Crippen LogP contribution is -2.51. The lowest BCUT2D eigenvalue weighted by atomic mass is 10.0. The van der Waals surface area contributed by atoms with Gasteiger partial charge in [-0.05, 0) is 29.8 Å². The number of hydrogen-bond donors (Lipinski definition) is 0. The lowest BCUT2D eigenvalue weighted by molar-refractivity contribution is -0.148. The monoisotopic (exact) mass is 436 g/mol. The number of hydrogen-bond acceptors (Lipinski definition) is 5. The number of piperazine rings is 1. The van der Waals surface area contributed by atoms with Crippen molar-refractivity contribution in [2.45, 2.75) is 6.04 Å². The van der Waals surface area contributed by atoms with Crippen molar-refractivity contribution < 1.29 is 19.1 Å². The van der Waals surface area contributed by atoms with Crippen molar-refractivity contribution in [3.05, 3.63) is 63.6 Å². The first kappa shape index (κ1) is 21.4. The Bertz CT molecular complexity index is 898. The molecule has 1 atom stereocenters. The van der Waals surface area contributed by atoms with E-state index in [1.54, 1.807) is 29.2 Å². The van der Waals surface area contributed by atoms with Crippen LogP contribution in [0.25, 0.3) is 0 Å². The molecule has 8 heteroatoms. The summed E-state index contributed by atoms with van der Waals surface area (Å²) in [4.78, 5) is 29.2. The highest BCUT2D eigenvalue weighted by molar-refractivity contribution is 6.31. The van der Waals surface area contributed by atoms with Crippen molar-refractivity contribution in [3.8, 4) is 5.75 Å². The zero-order valence-electron chi connectivity index (χ0n) is 16.2. The molecule has 29 heavy (non-hydrogen) atoms. The van der Waals surface area contributed by atoms with Crippen LogP contribution < -0.4 is 4.74 Å². The van der Waals surface area contributed by atoms with Crippen LogP contribution in [-0.2, 0) is 9.53 Å². The number of esters is 1. The molecule has 1 amide bonds.